The summed E-state index contributed by atoms with van der Waals surface area (Å²) in [5, 5.41) is 13.1. The molecule has 0 bridgehead atoms. The number of pyridine rings is 1. The molecule has 2 N–H and O–H groups in total. The number of aromatic nitrogens is 1. The minimum absolute atomic E-state index is 0.0420. The molecule has 8 heteroatoms. The highest BCUT2D eigenvalue weighted by Crippen LogP contribution is 2.29. The van der Waals surface area contributed by atoms with Crippen molar-refractivity contribution in [2.45, 2.75) is 13.0 Å². The van der Waals surface area contributed by atoms with Gasteiger partial charge in [0.2, 0.25) is 0 Å². The Morgan fingerprint density at radius 1 is 1.21 bits per heavy atom. The summed E-state index contributed by atoms with van der Waals surface area (Å²) in [6.07, 6.45) is 1.47. The molecule has 1 heterocycles. The van der Waals surface area contributed by atoms with Crippen LogP contribution in [0.1, 0.15) is 29.0 Å². The lowest BCUT2D eigenvalue weighted by atomic mass is 10.00. The number of aromatic carboxylic acids is 1. The van der Waals surface area contributed by atoms with Gasteiger partial charge in [0, 0.05) is 29.9 Å². The summed E-state index contributed by atoms with van der Waals surface area (Å²) in [6, 6.07) is 10.1. The molecule has 2 amide bonds. The van der Waals surface area contributed by atoms with Crippen LogP contribution in [0.5, 0.6) is 0 Å². The number of carboxylic acid groups (broad SMARTS) is 1. The summed E-state index contributed by atoms with van der Waals surface area (Å²) in [5.74, 6) is -1.69. The van der Waals surface area contributed by atoms with Crippen molar-refractivity contribution in [2.75, 3.05) is 12.4 Å². The molecule has 0 spiro atoms. The molecule has 0 aliphatic carbocycles. The monoisotopic (exact) mass is 401 g/mol. The molecule has 2 aromatic carbocycles. The number of hydrogen-bond acceptors (Lipinski definition) is 3. The van der Waals surface area contributed by atoms with Gasteiger partial charge >= 0.3 is 12.0 Å². The van der Waals surface area contributed by atoms with Crippen molar-refractivity contribution >= 4 is 40.1 Å². The van der Waals surface area contributed by atoms with Gasteiger partial charge in [-0.1, -0.05) is 35.9 Å². The van der Waals surface area contributed by atoms with Crippen molar-refractivity contribution in [3.05, 3.63) is 70.8 Å². The molecule has 0 saturated carbocycles. The Morgan fingerprint density at radius 2 is 1.89 bits per heavy atom. The fourth-order valence-electron chi connectivity index (χ4n) is 2.89. The van der Waals surface area contributed by atoms with Crippen LogP contribution < -0.4 is 5.32 Å². The third kappa shape index (κ3) is 3.75. The van der Waals surface area contributed by atoms with E-state index in [2.05, 4.69) is 10.3 Å². The van der Waals surface area contributed by atoms with Gasteiger partial charge in [0.1, 0.15) is 5.82 Å². The first kappa shape index (κ1) is 19.6. The van der Waals surface area contributed by atoms with Crippen LogP contribution in [0.4, 0.5) is 14.9 Å². The van der Waals surface area contributed by atoms with Gasteiger partial charge in [-0.05, 0) is 30.5 Å². The minimum atomic E-state index is -1.12. The Kier molecular flexibility index (Phi) is 5.46. The molecule has 0 saturated heterocycles. The van der Waals surface area contributed by atoms with E-state index < -0.39 is 23.9 Å². The second-order valence-corrected chi connectivity index (χ2v) is 6.67. The predicted molar refractivity (Wildman–Crippen MR) is 105 cm³/mol. The van der Waals surface area contributed by atoms with E-state index in [4.69, 9.17) is 11.6 Å². The van der Waals surface area contributed by atoms with Gasteiger partial charge in [-0.15, -0.1) is 0 Å². The third-order valence-corrected chi connectivity index (χ3v) is 4.84. The normalized spacial score (nSPS) is 11.9. The molecule has 0 unspecified atom stereocenters. The number of benzene rings is 2. The molecule has 0 radical (unpaired) electrons. The summed E-state index contributed by atoms with van der Waals surface area (Å²) in [7, 11) is 1.60. The standard InChI is InChI=1S/C20H17ClFN3O3/c1-11(25(2)20(28)24-12-7-8-17(22)16(21)9-12)15-10-23-18(19(26)27)14-6-4-3-5-13(14)15/h3-11H,1-2H3,(H,24,28)(H,26,27)/t11-/m1/s1. The van der Waals surface area contributed by atoms with Crippen molar-refractivity contribution in [1.29, 1.82) is 0 Å². The molecule has 3 rings (SSSR count). The fourth-order valence-corrected chi connectivity index (χ4v) is 3.07. The van der Waals surface area contributed by atoms with Crippen LogP contribution in [0.3, 0.4) is 0 Å². The molecule has 3 aromatic rings. The summed E-state index contributed by atoms with van der Waals surface area (Å²) in [4.78, 5) is 29.5. The Balaban J connectivity index is 1.89. The average molecular weight is 402 g/mol. The first-order chi connectivity index (χ1) is 13.3. The Morgan fingerprint density at radius 3 is 2.54 bits per heavy atom. The SMILES string of the molecule is C[C@H](c1cnc(C(=O)O)c2ccccc12)N(C)C(=O)Nc1ccc(F)c(Cl)c1. The quantitative estimate of drug-likeness (QED) is 0.648. The molecular weight excluding hydrogens is 385 g/mol. The molecule has 144 valence electrons. The number of amides is 2. The van der Waals surface area contributed by atoms with Crippen molar-refractivity contribution in [2.24, 2.45) is 0 Å². The molecular formula is C20H17ClFN3O3. The number of urea groups is 1. The number of carbonyl (C=O) groups excluding carboxylic acids is 1. The van der Waals surface area contributed by atoms with Gasteiger partial charge in [0.05, 0.1) is 11.1 Å². The smallest absolute Gasteiger partial charge is 0.355 e. The van der Waals surface area contributed by atoms with Gasteiger partial charge in [-0.2, -0.15) is 0 Å². The predicted octanol–water partition coefficient (Wildman–Crippen LogP) is 4.95. The summed E-state index contributed by atoms with van der Waals surface area (Å²) >= 11 is 5.74. The highest BCUT2D eigenvalue weighted by molar-refractivity contribution is 6.31. The van der Waals surface area contributed by atoms with E-state index in [1.807, 2.05) is 0 Å². The molecule has 1 aromatic heterocycles. The van der Waals surface area contributed by atoms with Crippen LogP contribution in [0.2, 0.25) is 5.02 Å². The number of anilines is 1. The number of rotatable bonds is 4. The van der Waals surface area contributed by atoms with Gasteiger partial charge in [0.25, 0.3) is 0 Å². The summed E-state index contributed by atoms with van der Waals surface area (Å²) in [6.45, 7) is 1.81. The highest BCUT2D eigenvalue weighted by Gasteiger charge is 2.22. The lowest BCUT2D eigenvalue weighted by molar-refractivity contribution is 0.0692. The Bertz CT molecular complexity index is 1070. The molecule has 0 aliphatic rings. The second kappa shape index (κ2) is 7.82. The maximum absolute atomic E-state index is 13.3. The van der Waals surface area contributed by atoms with Crippen LogP contribution >= 0.6 is 11.6 Å². The molecule has 1 atom stereocenters. The zero-order valence-corrected chi connectivity index (χ0v) is 15.9. The Labute approximate surface area is 165 Å². The lowest BCUT2D eigenvalue weighted by Crippen LogP contribution is -2.33. The largest absolute Gasteiger partial charge is 0.476 e. The van der Waals surface area contributed by atoms with Gasteiger partial charge in [0.15, 0.2) is 5.69 Å². The topological polar surface area (TPSA) is 82.5 Å². The van der Waals surface area contributed by atoms with Crippen molar-refractivity contribution in [3.63, 3.8) is 0 Å². The minimum Gasteiger partial charge on any atom is -0.476 e. The zero-order valence-electron chi connectivity index (χ0n) is 15.1. The Hall–Kier alpha value is -3.19. The van der Waals surface area contributed by atoms with E-state index in [1.165, 1.54) is 29.3 Å². The van der Waals surface area contributed by atoms with E-state index in [9.17, 15) is 19.1 Å². The summed E-state index contributed by atoms with van der Waals surface area (Å²) < 4.78 is 13.3. The van der Waals surface area contributed by atoms with Gasteiger partial charge < -0.3 is 15.3 Å². The average Bonchev–Trinajstić information content (AvgIpc) is 2.68. The van der Waals surface area contributed by atoms with Crippen LogP contribution in [0, 0.1) is 5.82 Å². The van der Waals surface area contributed by atoms with E-state index >= 15 is 0 Å². The van der Waals surface area contributed by atoms with E-state index in [-0.39, 0.29) is 10.7 Å². The number of fused-ring (bicyclic) bond motifs is 1. The van der Waals surface area contributed by atoms with Crippen molar-refractivity contribution in [3.8, 4) is 0 Å². The molecule has 0 aliphatic heterocycles. The van der Waals surface area contributed by atoms with E-state index in [0.717, 1.165) is 0 Å². The van der Waals surface area contributed by atoms with Gasteiger partial charge in [-0.25, -0.2) is 19.0 Å². The number of hydrogen-bond donors (Lipinski definition) is 2. The number of carbonyl (C=O) groups is 2. The maximum Gasteiger partial charge on any atom is 0.355 e. The van der Waals surface area contributed by atoms with Crippen LogP contribution in [-0.4, -0.2) is 34.0 Å². The first-order valence-corrected chi connectivity index (χ1v) is 8.77. The fraction of sp³-hybridized carbons (Fsp3) is 0.150. The number of carboxylic acids is 1. The van der Waals surface area contributed by atoms with Crippen LogP contribution in [0.15, 0.2) is 48.7 Å². The van der Waals surface area contributed by atoms with Crippen LogP contribution in [-0.2, 0) is 0 Å². The maximum atomic E-state index is 13.3. The molecule has 6 nitrogen and oxygen atoms in total. The number of nitrogens with one attached hydrogen (secondary N) is 1. The third-order valence-electron chi connectivity index (χ3n) is 4.55. The number of halogens is 2. The summed E-state index contributed by atoms with van der Waals surface area (Å²) in [5.41, 5.74) is 1.02. The zero-order chi connectivity index (χ0) is 20.4. The number of nitrogens with zero attached hydrogens (tertiary/aromatic N) is 2. The molecule has 28 heavy (non-hydrogen) atoms. The second-order valence-electron chi connectivity index (χ2n) is 6.26. The highest BCUT2D eigenvalue weighted by atomic mass is 35.5. The first-order valence-electron chi connectivity index (χ1n) is 8.39. The van der Waals surface area contributed by atoms with Crippen molar-refractivity contribution < 1.29 is 19.1 Å². The van der Waals surface area contributed by atoms with E-state index in [0.29, 0.717) is 22.0 Å². The van der Waals surface area contributed by atoms with E-state index in [1.54, 1.807) is 38.2 Å². The van der Waals surface area contributed by atoms with Gasteiger partial charge in [-0.3, -0.25) is 0 Å². The van der Waals surface area contributed by atoms with Crippen molar-refractivity contribution in [1.82, 2.24) is 9.88 Å². The molecule has 0 fully saturated rings. The van der Waals surface area contributed by atoms with Crippen LogP contribution in [0.25, 0.3) is 10.8 Å². The lowest BCUT2D eigenvalue weighted by Gasteiger charge is -2.26.